The van der Waals surface area contributed by atoms with Gasteiger partial charge in [0.15, 0.2) is 0 Å². The van der Waals surface area contributed by atoms with E-state index in [1.807, 2.05) is 0 Å². The zero-order chi connectivity index (χ0) is 18.3. The van der Waals surface area contributed by atoms with Crippen LogP contribution < -0.4 is 0 Å². The van der Waals surface area contributed by atoms with Crippen molar-refractivity contribution in [2.75, 3.05) is 6.54 Å². The van der Waals surface area contributed by atoms with Gasteiger partial charge in [-0.3, -0.25) is 9.36 Å². The van der Waals surface area contributed by atoms with Gasteiger partial charge in [-0.05, 0) is 24.3 Å². The zero-order valence-corrected chi connectivity index (χ0v) is 15.0. The van der Waals surface area contributed by atoms with Crippen LogP contribution in [0, 0.1) is 0 Å². The minimum Gasteiger partial charge on any atom is -0.380 e. The lowest BCUT2D eigenvalue weighted by Crippen LogP contribution is -2.38. The summed E-state index contributed by atoms with van der Waals surface area (Å²) in [6.45, 7) is 1.01. The molecule has 1 aliphatic rings. The number of rotatable bonds is 4. The van der Waals surface area contributed by atoms with Crippen LogP contribution in [0.2, 0.25) is 0 Å². The molecule has 4 rings (SSSR count). The van der Waals surface area contributed by atoms with Gasteiger partial charge in [0.1, 0.15) is 6.10 Å². The third-order valence-electron chi connectivity index (χ3n) is 4.58. The number of aliphatic hydroxyl groups is 1. The van der Waals surface area contributed by atoms with Crippen LogP contribution in [0.25, 0.3) is 0 Å². The monoisotopic (exact) mass is 373 g/mol. The molecule has 0 radical (unpaired) electrons. The molecule has 0 unspecified atom stereocenters. The number of fused-ring (bicyclic) bond motifs is 1. The van der Waals surface area contributed by atoms with E-state index >= 15 is 0 Å². The fourth-order valence-electron chi connectivity index (χ4n) is 3.15. The Morgan fingerprint density at radius 3 is 2.62 bits per heavy atom. The van der Waals surface area contributed by atoms with Crippen molar-refractivity contribution in [2.24, 2.45) is 7.05 Å². The second kappa shape index (κ2) is 6.35. The van der Waals surface area contributed by atoms with Crippen molar-refractivity contribution in [1.29, 1.82) is 0 Å². The first kappa shape index (κ1) is 17.0. The molecule has 136 valence electrons. The van der Waals surface area contributed by atoms with Crippen molar-refractivity contribution in [3.8, 4) is 0 Å². The van der Waals surface area contributed by atoms with Crippen molar-refractivity contribution in [3.63, 3.8) is 0 Å². The molecule has 0 saturated heterocycles. The fraction of sp³-hybridized carbons (Fsp3) is 0.294. The maximum atomic E-state index is 12.8. The molecule has 9 heteroatoms. The standard InChI is InChI=1S/C17H19N5O3S/c1-20-16(7-8-18-20)17(23)15-11-13-12-21(9-10-22(13)19-15)26(24,25)14-5-3-2-4-6-14/h2-8,11,17,23H,9-10,12H2,1H3/t17-/m0/s1. The van der Waals surface area contributed by atoms with Crippen LogP contribution >= 0.6 is 0 Å². The highest BCUT2D eigenvalue weighted by atomic mass is 32.2. The quantitative estimate of drug-likeness (QED) is 0.734. The summed E-state index contributed by atoms with van der Waals surface area (Å²) >= 11 is 0. The van der Waals surface area contributed by atoms with E-state index in [9.17, 15) is 13.5 Å². The highest BCUT2D eigenvalue weighted by Gasteiger charge is 2.30. The number of hydrogen-bond donors (Lipinski definition) is 1. The molecule has 0 saturated carbocycles. The predicted octanol–water partition coefficient (Wildman–Crippen LogP) is 0.903. The molecule has 1 N–H and O–H groups in total. The van der Waals surface area contributed by atoms with Gasteiger partial charge in [-0.2, -0.15) is 14.5 Å². The largest absolute Gasteiger partial charge is 0.380 e. The third kappa shape index (κ3) is 2.83. The van der Waals surface area contributed by atoms with Gasteiger partial charge in [0, 0.05) is 19.8 Å². The van der Waals surface area contributed by atoms with Crippen molar-refractivity contribution < 1.29 is 13.5 Å². The first-order chi connectivity index (χ1) is 12.5. The minimum absolute atomic E-state index is 0.225. The summed E-state index contributed by atoms with van der Waals surface area (Å²) in [5, 5.41) is 19.0. The summed E-state index contributed by atoms with van der Waals surface area (Å²) in [5.74, 6) is 0. The number of sulfonamides is 1. The van der Waals surface area contributed by atoms with Crippen LogP contribution in [0.4, 0.5) is 0 Å². The lowest BCUT2D eigenvalue weighted by molar-refractivity contribution is 0.203. The molecule has 1 aliphatic heterocycles. The zero-order valence-electron chi connectivity index (χ0n) is 14.2. The molecule has 0 fully saturated rings. The molecule has 0 bridgehead atoms. The number of hydrogen-bond acceptors (Lipinski definition) is 5. The summed E-state index contributed by atoms with van der Waals surface area (Å²) < 4.78 is 30.4. The molecule has 0 amide bonds. The second-order valence-electron chi connectivity index (χ2n) is 6.22. The van der Waals surface area contributed by atoms with Crippen LogP contribution in [0.15, 0.2) is 53.6 Å². The van der Waals surface area contributed by atoms with Crippen molar-refractivity contribution >= 4 is 10.0 Å². The maximum Gasteiger partial charge on any atom is 0.243 e. The summed E-state index contributed by atoms with van der Waals surface area (Å²) in [6.07, 6.45) is 0.711. The Labute approximate surface area is 151 Å². The van der Waals surface area contributed by atoms with Crippen molar-refractivity contribution in [1.82, 2.24) is 23.9 Å². The van der Waals surface area contributed by atoms with Gasteiger partial charge in [0.2, 0.25) is 10.0 Å². The lowest BCUT2D eigenvalue weighted by atomic mass is 10.2. The van der Waals surface area contributed by atoms with E-state index < -0.39 is 16.1 Å². The van der Waals surface area contributed by atoms with Crippen molar-refractivity contribution in [3.05, 3.63) is 65.7 Å². The van der Waals surface area contributed by atoms with Gasteiger partial charge >= 0.3 is 0 Å². The Kier molecular flexibility index (Phi) is 4.14. The third-order valence-corrected chi connectivity index (χ3v) is 6.44. The van der Waals surface area contributed by atoms with Crippen molar-refractivity contribution in [2.45, 2.75) is 24.1 Å². The molecule has 3 heterocycles. The first-order valence-corrected chi connectivity index (χ1v) is 9.68. The molecule has 2 aromatic heterocycles. The SMILES string of the molecule is Cn1nccc1[C@@H](O)c1cc2n(n1)CCN(S(=O)(=O)c1ccccc1)C2. The Hall–Kier alpha value is -2.49. The van der Waals surface area contributed by atoms with Gasteiger partial charge < -0.3 is 5.11 Å². The van der Waals surface area contributed by atoms with E-state index in [2.05, 4.69) is 10.2 Å². The molecule has 0 spiro atoms. The van der Waals surface area contributed by atoms with E-state index in [-0.39, 0.29) is 11.4 Å². The lowest BCUT2D eigenvalue weighted by Gasteiger charge is -2.26. The Balaban J connectivity index is 1.60. The van der Waals surface area contributed by atoms with Gasteiger partial charge in [0.05, 0.1) is 35.1 Å². The van der Waals surface area contributed by atoms with Crippen LogP contribution in [-0.4, -0.2) is 43.9 Å². The molecule has 3 aromatic rings. The average Bonchev–Trinajstić information content (AvgIpc) is 3.27. The number of aryl methyl sites for hydroxylation is 1. The molecule has 1 aromatic carbocycles. The van der Waals surface area contributed by atoms with E-state index in [0.29, 0.717) is 24.5 Å². The highest BCUT2D eigenvalue weighted by Crippen LogP contribution is 2.25. The Morgan fingerprint density at radius 1 is 1.15 bits per heavy atom. The number of nitrogens with zero attached hydrogens (tertiary/aromatic N) is 5. The molecule has 8 nitrogen and oxygen atoms in total. The van der Waals surface area contributed by atoms with Crippen LogP contribution in [0.3, 0.4) is 0 Å². The average molecular weight is 373 g/mol. The summed E-state index contributed by atoms with van der Waals surface area (Å²) in [4.78, 5) is 0.281. The topological polar surface area (TPSA) is 93.2 Å². The van der Waals surface area contributed by atoms with Crippen LogP contribution in [0.5, 0.6) is 0 Å². The number of benzene rings is 1. The molecule has 1 atom stereocenters. The molecular weight excluding hydrogens is 354 g/mol. The Morgan fingerprint density at radius 2 is 1.92 bits per heavy atom. The summed E-state index contributed by atoms with van der Waals surface area (Å²) in [7, 11) is -1.80. The Bertz CT molecular complexity index is 1030. The number of aliphatic hydroxyl groups excluding tert-OH is 1. The first-order valence-electron chi connectivity index (χ1n) is 8.24. The van der Waals surface area contributed by atoms with E-state index in [4.69, 9.17) is 0 Å². The van der Waals surface area contributed by atoms with Gasteiger partial charge in [0.25, 0.3) is 0 Å². The van der Waals surface area contributed by atoms with E-state index in [1.165, 1.54) is 4.31 Å². The smallest absolute Gasteiger partial charge is 0.243 e. The second-order valence-corrected chi connectivity index (χ2v) is 8.16. The van der Waals surface area contributed by atoms with Crippen LogP contribution in [0.1, 0.15) is 23.2 Å². The predicted molar refractivity (Wildman–Crippen MR) is 93.5 cm³/mol. The van der Waals surface area contributed by atoms with Gasteiger partial charge in [-0.15, -0.1) is 0 Å². The fourth-order valence-corrected chi connectivity index (χ4v) is 4.57. The molecule has 26 heavy (non-hydrogen) atoms. The van der Waals surface area contributed by atoms with Crippen LogP contribution in [-0.2, 0) is 30.2 Å². The maximum absolute atomic E-state index is 12.8. The van der Waals surface area contributed by atoms with Gasteiger partial charge in [-0.25, -0.2) is 8.42 Å². The van der Waals surface area contributed by atoms with E-state index in [0.717, 1.165) is 5.69 Å². The summed E-state index contributed by atoms with van der Waals surface area (Å²) in [6, 6.07) is 11.9. The summed E-state index contributed by atoms with van der Waals surface area (Å²) in [5.41, 5.74) is 1.88. The normalized spacial score (nSPS) is 16.4. The van der Waals surface area contributed by atoms with Gasteiger partial charge in [-0.1, -0.05) is 18.2 Å². The van der Waals surface area contributed by atoms with E-state index in [1.54, 1.807) is 65.1 Å². The highest BCUT2D eigenvalue weighted by molar-refractivity contribution is 7.89. The molecular formula is C17H19N5O3S. The number of aromatic nitrogens is 4. The molecule has 0 aliphatic carbocycles. The minimum atomic E-state index is -3.55.